The van der Waals surface area contributed by atoms with Crippen LogP contribution in [0.5, 0.6) is 0 Å². The van der Waals surface area contributed by atoms with E-state index in [4.69, 9.17) is 0 Å². The molecule has 0 saturated heterocycles. The molecule has 0 radical (unpaired) electrons. The second-order valence-corrected chi connectivity index (χ2v) is 3.70. The maximum Gasteiger partial charge on any atom is 0.212 e. The number of hydrogen-bond donors (Lipinski definition) is 0. The van der Waals surface area contributed by atoms with Gasteiger partial charge in [-0.25, -0.2) is 8.42 Å². The van der Waals surface area contributed by atoms with Gasteiger partial charge in [0.2, 0.25) is 5.78 Å². The Bertz CT molecular complexity index is 276. The molecule has 12 heavy (non-hydrogen) atoms. The van der Waals surface area contributed by atoms with Crippen LogP contribution >= 0.6 is 0 Å². The number of Topliss-reactive ketones (excluding diaryl/α,β-unsaturated/α-hetero) is 2. The van der Waals surface area contributed by atoms with E-state index in [9.17, 15) is 22.6 Å². The van der Waals surface area contributed by atoms with Crippen molar-refractivity contribution in [2.75, 3.05) is 5.75 Å². The molecule has 0 aliphatic rings. The highest BCUT2D eigenvalue weighted by Crippen LogP contribution is 1.93. The van der Waals surface area contributed by atoms with E-state index in [0.29, 0.717) is 6.42 Å². The van der Waals surface area contributed by atoms with Crippen molar-refractivity contribution >= 4 is 21.7 Å². The summed E-state index contributed by atoms with van der Waals surface area (Å²) >= 11 is 0. The van der Waals surface area contributed by atoms with Gasteiger partial charge in [0, 0.05) is 6.42 Å². The number of rotatable bonds is 5. The Hall–Kier alpha value is -0.750. The van der Waals surface area contributed by atoms with Crippen LogP contribution in [0, 0.1) is 0 Å². The summed E-state index contributed by atoms with van der Waals surface area (Å²) in [5.74, 6) is -3.13. The van der Waals surface area contributed by atoms with Crippen molar-refractivity contribution in [2.45, 2.75) is 19.8 Å². The molecule has 0 N–H and O–H groups in total. The minimum absolute atomic E-state index is 0.00560. The van der Waals surface area contributed by atoms with E-state index in [-0.39, 0.29) is 6.42 Å². The highest BCUT2D eigenvalue weighted by molar-refractivity contribution is 7.86. The SMILES string of the molecule is CCCC(=O)C(=O)CS(=O)(=O)[O-]. The zero-order chi connectivity index (χ0) is 9.78. The fourth-order valence-electron chi connectivity index (χ4n) is 0.608. The van der Waals surface area contributed by atoms with Gasteiger partial charge in [0.05, 0.1) is 0 Å². The van der Waals surface area contributed by atoms with Crippen molar-refractivity contribution in [1.82, 2.24) is 0 Å². The van der Waals surface area contributed by atoms with Crippen LogP contribution in [-0.2, 0) is 19.7 Å². The minimum Gasteiger partial charge on any atom is -0.748 e. The van der Waals surface area contributed by atoms with Crippen molar-refractivity contribution in [2.24, 2.45) is 0 Å². The van der Waals surface area contributed by atoms with Crippen molar-refractivity contribution in [3.8, 4) is 0 Å². The van der Waals surface area contributed by atoms with E-state index in [1.165, 1.54) is 0 Å². The first kappa shape index (κ1) is 11.2. The van der Waals surface area contributed by atoms with Crippen molar-refractivity contribution < 1.29 is 22.6 Å². The van der Waals surface area contributed by atoms with Crippen molar-refractivity contribution in [1.29, 1.82) is 0 Å². The summed E-state index contributed by atoms with van der Waals surface area (Å²) in [5.41, 5.74) is 0. The molecule has 0 rings (SSSR count). The van der Waals surface area contributed by atoms with Crippen molar-refractivity contribution in [3.63, 3.8) is 0 Å². The summed E-state index contributed by atoms with van der Waals surface area (Å²) in [5, 5.41) is 0. The molecular weight excluding hydrogens is 184 g/mol. The summed E-state index contributed by atoms with van der Waals surface area (Å²) in [6.45, 7) is 1.68. The van der Waals surface area contributed by atoms with Crippen LogP contribution in [0.25, 0.3) is 0 Å². The fourth-order valence-corrected chi connectivity index (χ4v) is 1.09. The summed E-state index contributed by atoms with van der Waals surface area (Å²) in [6, 6.07) is 0. The third-order valence-corrected chi connectivity index (χ3v) is 1.71. The lowest BCUT2D eigenvalue weighted by Gasteiger charge is -2.03. The molecule has 6 heteroatoms. The lowest BCUT2D eigenvalue weighted by Crippen LogP contribution is -2.23. The second kappa shape index (κ2) is 4.32. The molecular formula is C6H9O5S-. The molecule has 0 atom stereocenters. The molecule has 0 aromatic carbocycles. The molecule has 0 heterocycles. The van der Waals surface area contributed by atoms with Crippen LogP contribution in [0.1, 0.15) is 19.8 Å². The molecule has 70 valence electrons. The Labute approximate surface area is 70.5 Å². The van der Waals surface area contributed by atoms with Crippen LogP contribution in [0.15, 0.2) is 0 Å². The Balaban J connectivity index is 4.15. The average molecular weight is 193 g/mol. The standard InChI is InChI=1S/C6H10O5S/c1-2-3-5(7)6(8)4-12(9,10)11/h2-4H2,1H3,(H,9,10,11)/p-1. The smallest absolute Gasteiger partial charge is 0.212 e. The van der Waals surface area contributed by atoms with E-state index in [1.54, 1.807) is 6.92 Å². The highest BCUT2D eigenvalue weighted by atomic mass is 32.2. The van der Waals surface area contributed by atoms with E-state index in [1.807, 2.05) is 0 Å². The number of hydrogen-bond acceptors (Lipinski definition) is 5. The molecule has 0 aromatic heterocycles. The largest absolute Gasteiger partial charge is 0.748 e. The number of carbonyl (C=O) groups excluding carboxylic acids is 2. The third kappa shape index (κ3) is 4.97. The minimum atomic E-state index is -4.61. The van der Waals surface area contributed by atoms with Gasteiger partial charge in [-0.2, -0.15) is 0 Å². The Morgan fingerprint density at radius 3 is 2.08 bits per heavy atom. The van der Waals surface area contributed by atoms with E-state index >= 15 is 0 Å². The number of ketones is 2. The van der Waals surface area contributed by atoms with Gasteiger partial charge < -0.3 is 4.55 Å². The van der Waals surface area contributed by atoms with Gasteiger partial charge in [-0.1, -0.05) is 6.92 Å². The topological polar surface area (TPSA) is 91.3 Å². The van der Waals surface area contributed by atoms with E-state index in [2.05, 4.69) is 0 Å². The molecule has 0 aliphatic carbocycles. The summed E-state index contributed by atoms with van der Waals surface area (Å²) in [7, 11) is -4.61. The van der Waals surface area contributed by atoms with Crippen LogP contribution < -0.4 is 0 Å². The molecule has 0 bridgehead atoms. The summed E-state index contributed by atoms with van der Waals surface area (Å²) in [6.07, 6.45) is 0.456. The fraction of sp³-hybridized carbons (Fsp3) is 0.667. The molecule has 5 nitrogen and oxygen atoms in total. The van der Waals surface area contributed by atoms with Crippen LogP contribution in [0.4, 0.5) is 0 Å². The van der Waals surface area contributed by atoms with E-state index < -0.39 is 27.4 Å². The van der Waals surface area contributed by atoms with Gasteiger partial charge >= 0.3 is 0 Å². The predicted molar refractivity (Wildman–Crippen MR) is 39.5 cm³/mol. The molecule has 0 aliphatic heterocycles. The average Bonchev–Trinajstić information content (AvgIpc) is 1.84. The first-order valence-corrected chi connectivity index (χ1v) is 4.94. The monoisotopic (exact) mass is 193 g/mol. The normalized spacial score (nSPS) is 11.2. The highest BCUT2D eigenvalue weighted by Gasteiger charge is 2.14. The van der Waals surface area contributed by atoms with Gasteiger partial charge in [0.25, 0.3) is 0 Å². The Morgan fingerprint density at radius 2 is 1.75 bits per heavy atom. The predicted octanol–water partition coefficient (Wildman–Crippen LogP) is -0.530. The van der Waals surface area contributed by atoms with Crippen molar-refractivity contribution in [3.05, 3.63) is 0 Å². The van der Waals surface area contributed by atoms with Crippen LogP contribution in [-0.4, -0.2) is 30.3 Å². The lowest BCUT2D eigenvalue weighted by atomic mass is 10.2. The third-order valence-electron chi connectivity index (χ3n) is 1.10. The lowest BCUT2D eigenvalue weighted by molar-refractivity contribution is -0.135. The quantitative estimate of drug-likeness (QED) is 0.432. The maximum atomic E-state index is 10.7. The number of carbonyl (C=O) groups is 2. The summed E-state index contributed by atoms with van der Waals surface area (Å²) in [4.78, 5) is 21.3. The maximum absolute atomic E-state index is 10.7. The van der Waals surface area contributed by atoms with Gasteiger partial charge in [-0.05, 0) is 6.42 Å². The Morgan fingerprint density at radius 1 is 1.25 bits per heavy atom. The van der Waals surface area contributed by atoms with Gasteiger partial charge in [0.15, 0.2) is 5.78 Å². The zero-order valence-electron chi connectivity index (χ0n) is 6.57. The Kier molecular flexibility index (Phi) is 4.05. The molecule has 0 saturated carbocycles. The first-order valence-electron chi connectivity index (χ1n) is 3.36. The zero-order valence-corrected chi connectivity index (χ0v) is 7.39. The molecule has 0 unspecified atom stereocenters. The van der Waals surface area contributed by atoms with Gasteiger partial charge in [-0.15, -0.1) is 0 Å². The molecule has 0 amide bonds. The van der Waals surface area contributed by atoms with E-state index in [0.717, 1.165) is 0 Å². The molecule has 0 fully saturated rings. The van der Waals surface area contributed by atoms with Gasteiger partial charge in [-0.3, -0.25) is 9.59 Å². The van der Waals surface area contributed by atoms with Crippen LogP contribution in [0.3, 0.4) is 0 Å². The summed E-state index contributed by atoms with van der Waals surface area (Å²) < 4.78 is 30.1. The molecule has 0 spiro atoms. The first-order chi connectivity index (χ1) is 5.37. The second-order valence-electron chi connectivity index (χ2n) is 2.30. The van der Waals surface area contributed by atoms with Crippen LogP contribution in [0.2, 0.25) is 0 Å². The molecule has 0 aromatic rings. The van der Waals surface area contributed by atoms with Gasteiger partial charge in [0.1, 0.15) is 15.9 Å².